The second kappa shape index (κ2) is 7.55. The quantitative estimate of drug-likeness (QED) is 0.442. The van der Waals surface area contributed by atoms with Gasteiger partial charge in [0, 0.05) is 23.7 Å². The van der Waals surface area contributed by atoms with Crippen LogP contribution >= 0.6 is 0 Å². The number of anilines is 1. The molecule has 0 saturated heterocycles. The van der Waals surface area contributed by atoms with Crippen molar-refractivity contribution in [3.8, 4) is 22.6 Å². The van der Waals surface area contributed by atoms with E-state index in [9.17, 15) is 0 Å². The number of oxazole rings is 1. The van der Waals surface area contributed by atoms with Gasteiger partial charge in [0.1, 0.15) is 12.5 Å². The summed E-state index contributed by atoms with van der Waals surface area (Å²) in [5.74, 6) is 1.30. The molecule has 0 fully saturated rings. The predicted molar refractivity (Wildman–Crippen MR) is 114 cm³/mol. The van der Waals surface area contributed by atoms with Crippen molar-refractivity contribution >= 4 is 5.88 Å². The second-order valence-corrected chi connectivity index (χ2v) is 7.26. The van der Waals surface area contributed by atoms with E-state index in [4.69, 9.17) is 13.7 Å². The number of nitrogens with zero attached hydrogens (tertiary/aromatic N) is 3. The molecule has 1 aliphatic heterocycles. The molecule has 0 radical (unpaired) electrons. The molecule has 1 aliphatic rings. The fraction of sp³-hybridized carbons (Fsp3) is 0.167. The molecule has 6 nitrogen and oxygen atoms in total. The summed E-state index contributed by atoms with van der Waals surface area (Å²) in [6.07, 6.45) is 7.23. The van der Waals surface area contributed by atoms with Crippen molar-refractivity contribution in [3.63, 3.8) is 0 Å². The number of aryl methyl sites for hydroxylation is 1. The Kier molecular flexibility index (Phi) is 4.59. The van der Waals surface area contributed by atoms with E-state index in [0.717, 1.165) is 33.5 Å². The maximum Gasteiger partial charge on any atom is 0.237 e. The SMILES string of the molecule is Cc1noc(N2C=COC2Cc2cc(-c3ncco3)ccc2-c2ccccc2)c1C. The lowest BCUT2D eigenvalue weighted by atomic mass is 9.95. The van der Waals surface area contributed by atoms with Gasteiger partial charge in [0.2, 0.25) is 11.8 Å². The summed E-state index contributed by atoms with van der Waals surface area (Å²) in [7, 11) is 0. The monoisotopic (exact) mass is 399 g/mol. The number of rotatable bonds is 5. The van der Waals surface area contributed by atoms with Crippen LogP contribution in [0.1, 0.15) is 16.8 Å². The lowest BCUT2D eigenvalue weighted by Crippen LogP contribution is -2.30. The maximum absolute atomic E-state index is 5.93. The van der Waals surface area contributed by atoms with Crippen molar-refractivity contribution in [2.75, 3.05) is 4.90 Å². The Hall–Kier alpha value is -3.80. The summed E-state index contributed by atoms with van der Waals surface area (Å²) in [6, 6.07) is 16.6. The van der Waals surface area contributed by atoms with Crippen LogP contribution in [0, 0.1) is 13.8 Å². The average Bonchev–Trinajstić information content (AvgIpc) is 3.52. The summed E-state index contributed by atoms with van der Waals surface area (Å²) < 4.78 is 17.0. The highest BCUT2D eigenvalue weighted by Crippen LogP contribution is 2.33. The third-order valence-corrected chi connectivity index (χ3v) is 5.40. The normalized spacial score (nSPS) is 15.5. The number of hydrogen-bond donors (Lipinski definition) is 0. The zero-order valence-electron chi connectivity index (χ0n) is 16.8. The number of benzene rings is 2. The molecule has 0 bridgehead atoms. The van der Waals surface area contributed by atoms with Crippen LogP contribution in [-0.2, 0) is 11.2 Å². The molecule has 3 heterocycles. The lowest BCUT2D eigenvalue weighted by molar-refractivity contribution is 0.167. The van der Waals surface area contributed by atoms with Gasteiger partial charge in [-0.1, -0.05) is 41.6 Å². The second-order valence-electron chi connectivity index (χ2n) is 7.26. The van der Waals surface area contributed by atoms with Crippen LogP contribution in [0.5, 0.6) is 0 Å². The van der Waals surface area contributed by atoms with Crippen molar-refractivity contribution in [3.05, 3.63) is 90.3 Å². The van der Waals surface area contributed by atoms with Crippen LogP contribution < -0.4 is 4.90 Å². The summed E-state index contributed by atoms with van der Waals surface area (Å²) in [5.41, 5.74) is 6.23. The molecule has 1 atom stereocenters. The van der Waals surface area contributed by atoms with Crippen LogP contribution in [0.25, 0.3) is 22.6 Å². The number of ether oxygens (including phenoxy) is 1. The van der Waals surface area contributed by atoms with Crippen molar-refractivity contribution in [1.82, 2.24) is 10.1 Å². The summed E-state index contributed by atoms with van der Waals surface area (Å²) in [5, 5.41) is 4.09. The molecule has 4 aromatic rings. The molecule has 2 aromatic carbocycles. The van der Waals surface area contributed by atoms with Gasteiger partial charge in [0.15, 0.2) is 6.23 Å². The highest BCUT2D eigenvalue weighted by Gasteiger charge is 2.28. The van der Waals surface area contributed by atoms with E-state index in [1.807, 2.05) is 49.2 Å². The third-order valence-electron chi connectivity index (χ3n) is 5.40. The molecule has 0 saturated carbocycles. The Balaban J connectivity index is 1.53. The molecular formula is C24H21N3O3. The van der Waals surface area contributed by atoms with Gasteiger partial charge in [-0.25, -0.2) is 4.98 Å². The number of hydrogen-bond acceptors (Lipinski definition) is 6. The van der Waals surface area contributed by atoms with E-state index in [2.05, 4.69) is 34.4 Å². The van der Waals surface area contributed by atoms with Gasteiger partial charge in [-0.05, 0) is 42.7 Å². The molecule has 30 heavy (non-hydrogen) atoms. The Morgan fingerprint density at radius 3 is 2.63 bits per heavy atom. The van der Waals surface area contributed by atoms with Crippen LogP contribution in [0.4, 0.5) is 5.88 Å². The topological polar surface area (TPSA) is 64.5 Å². The highest BCUT2D eigenvalue weighted by molar-refractivity contribution is 5.71. The summed E-state index contributed by atoms with van der Waals surface area (Å²) in [6.45, 7) is 3.94. The lowest BCUT2D eigenvalue weighted by Gasteiger charge is -2.23. The Bertz CT molecular complexity index is 1180. The van der Waals surface area contributed by atoms with Crippen LogP contribution in [-0.4, -0.2) is 16.4 Å². The van der Waals surface area contributed by atoms with Crippen LogP contribution in [0.2, 0.25) is 0 Å². The van der Waals surface area contributed by atoms with E-state index in [1.165, 1.54) is 0 Å². The molecule has 2 aromatic heterocycles. The van der Waals surface area contributed by atoms with Gasteiger partial charge in [0.05, 0.1) is 11.9 Å². The first-order valence-corrected chi connectivity index (χ1v) is 9.82. The Morgan fingerprint density at radius 1 is 1.03 bits per heavy atom. The fourth-order valence-corrected chi connectivity index (χ4v) is 3.69. The van der Waals surface area contributed by atoms with E-state index in [0.29, 0.717) is 18.2 Å². The summed E-state index contributed by atoms with van der Waals surface area (Å²) in [4.78, 5) is 6.28. The van der Waals surface area contributed by atoms with Crippen molar-refractivity contribution in [2.24, 2.45) is 0 Å². The van der Waals surface area contributed by atoms with Gasteiger partial charge in [-0.2, -0.15) is 0 Å². The molecule has 6 heteroatoms. The predicted octanol–water partition coefficient (Wildman–Crippen LogP) is 5.49. The number of aromatic nitrogens is 2. The van der Waals surface area contributed by atoms with E-state index in [-0.39, 0.29) is 6.23 Å². The fourth-order valence-electron chi connectivity index (χ4n) is 3.69. The molecule has 5 rings (SSSR count). The Labute approximate surface area is 174 Å². The van der Waals surface area contributed by atoms with Gasteiger partial charge in [-0.3, -0.25) is 4.90 Å². The van der Waals surface area contributed by atoms with Gasteiger partial charge < -0.3 is 13.7 Å². The molecule has 1 unspecified atom stereocenters. The zero-order chi connectivity index (χ0) is 20.5. The minimum absolute atomic E-state index is 0.238. The van der Waals surface area contributed by atoms with Gasteiger partial charge >= 0.3 is 0 Å². The van der Waals surface area contributed by atoms with E-state index in [1.54, 1.807) is 18.7 Å². The molecule has 0 amide bonds. The molecule has 0 N–H and O–H groups in total. The largest absolute Gasteiger partial charge is 0.476 e. The van der Waals surface area contributed by atoms with E-state index >= 15 is 0 Å². The van der Waals surface area contributed by atoms with Crippen LogP contribution in [0.3, 0.4) is 0 Å². The van der Waals surface area contributed by atoms with Crippen molar-refractivity contribution < 1.29 is 13.7 Å². The first kappa shape index (κ1) is 18.2. The smallest absolute Gasteiger partial charge is 0.237 e. The standard InChI is InChI=1S/C24H21N3O3/c1-16-17(2)26-30-24(16)27-11-13-28-22(27)15-20-14-19(23-25-10-12-29-23)8-9-21(20)18-6-4-3-5-7-18/h3-14,22H,15H2,1-2H3. The minimum Gasteiger partial charge on any atom is -0.476 e. The van der Waals surface area contributed by atoms with Gasteiger partial charge in [-0.15, -0.1) is 0 Å². The average molecular weight is 399 g/mol. The van der Waals surface area contributed by atoms with E-state index < -0.39 is 0 Å². The maximum atomic E-state index is 5.93. The zero-order valence-corrected chi connectivity index (χ0v) is 16.8. The Morgan fingerprint density at radius 2 is 1.90 bits per heavy atom. The van der Waals surface area contributed by atoms with Gasteiger partial charge in [0.25, 0.3) is 0 Å². The summed E-state index contributed by atoms with van der Waals surface area (Å²) >= 11 is 0. The minimum atomic E-state index is -0.238. The molecule has 0 aliphatic carbocycles. The van der Waals surface area contributed by atoms with Crippen LogP contribution in [0.15, 0.2) is 82.4 Å². The van der Waals surface area contributed by atoms with Crippen molar-refractivity contribution in [1.29, 1.82) is 0 Å². The first-order valence-electron chi connectivity index (χ1n) is 9.82. The van der Waals surface area contributed by atoms with Crippen molar-refractivity contribution in [2.45, 2.75) is 26.5 Å². The first-order chi connectivity index (χ1) is 14.7. The molecule has 0 spiro atoms. The third kappa shape index (κ3) is 3.26. The molecular weight excluding hydrogens is 378 g/mol. The molecule has 150 valence electrons. The highest BCUT2D eigenvalue weighted by atomic mass is 16.5.